The lowest BCUT2D eigenvalue weighted by atomic mass is 10.2. The molecule has 0 spiro atoms. The van der Waals surface area contributed by atoms with Crippen LogP contribution >= 0.6 is 12.2 Å². The maximum Gasteiger partial charge on any atom is 0.185 e. The van der Waals surface area contributed by atoms with E-state index in [4.69, 9.17) is 12.2 Å². The molecule has 3 aromatic rings. The fourth-order valence-electron chi connectivity index (χ4n) is 1.98. The van der Waals surface area contributed by atoms with E-state index < -0.39 is 0 Å². The molecule has 106 valence electrons. The Kier molecular flexibility index (Phi) is 3.79. The number of thiocarbonyl (C=S) groups is 1. The van der Waals surface area contributed by atoms with Crippen LogP contribution in [0.4, 0.5) is 4.39 Å². The van der Waals surface area contributed by atoms with E-state index in [0.717, 1.165) is 16.6 Å². The number of halogens is 1. The highest BCUT2D eigenvalue weighted by Crippen LogP contribution is 2.09. The Morgan fingerprint density at radius 3 is 2.71 bits per heavy atom. The molecule has 0 bridgehead atoms. The Labute approximate surface area is 126 Å². The highest BCUT2D eigenvalue weighted by molar-refractivity contribution is 7.80. The van der Waals surface area contributed by atoms with Gasteiger partial charge in [0.2, 0.25) is 0 Å². The van der Waals surface area contributed by atoms with Crippen molar-refractivity contribution < 1.29 is 4.39 Å². The zero-order valence-electron chi connectivity index (χ0n) is 11.1. The molecule has 0 fully saturated rings. The molecule has 0 aliphatic heterocycles. The normalized spacial score (nSPS) is 10.5. The van der Waals surface area contributed by atoms with Crippen LogP contribution in [0.15, 0.2) is 54.9 Å². The van der Waals surface area contributed by atoms with Gasteiger partial charge in [0.1, 0.15) is 12.1 Å². The first-order chi connectivity index (χ1) is 10.2. The van der Waals surface area contributed by atoms with Crippen molar-refractivity contribution >= 4 is 28.4 Å². The van der Waals surface area contributed by atoms with Gasteiger partial charge < -0.3 is 5.32 Å². The molecule has 2 N–H and O–H groups in total. The molecular weight excluding hydrogens is 287 g/mol. The third-order valence-electron chi connectivity index (χ3n) is 3.04. The van der Waals surface area contributed by atoms with E-state index in [2.05, 4.69) is 15.7 Å². The van der Waals surface area contributed by atoms with Crippen molar-refractivity contribution in [2.75, 3.05) is 5.43 Å². The number of aromatic nitrogens is 2. The molecule has 3 rings (SSSR count). The smallest absolute Gasteiger partial charge is 0.185 e. The van der Waals surface area contributed by atoms with Crippen molar-refractivity contribution in [2.24, 2.45) is 0 Å². The van der Waals surface area contributed by atoms with Gasteiger partial charge in [-0.25, -0.2) is 14.1 Å². The summed E-state index contributed by atoms with van der Waals surface area (Å²) in [6.07, 6.45) is 1.68. The Morgan fingerprint density at radius 2 is 1.90 bits per heavy atom. The predicted octanol–water partition coefficient (Wildman–Crippen LogP) is 2.79. The van der Waals surface area contributed by atoms with E-state index in [0.29, 0.717) is 11.7 Å². The second-order valence-corrected chi connectivity index (χ2v) is 4.93. The van der Waals surface area contributed by atoms with Crippen LogP contribution in [0.3, 0.4) is 0 Å². The summed E-state index contributed by atoms with van der Waals surface area (Å²) in [4.78, 5) is 4.27. The van der Waals surface area contributed by atoms with Gasteiger partial charge >= 0.3 is 0 Å². The second kappa shape index (κ2) is 5.88. The van der Waals surface area contributed by atoms with Crippen molar-refractivity contribution in [3.8, 4) is 0 Å². The van der Waals surface area contributed by atoms with Gasteiger partial charge in [0.25, 0.3) is 0 Å². The fourth-order valence-corrected chi connectivity index (χ4v) is 2.15. The molecule has 0 saturated carbocycles. The average Bonchev–Trinajstić information content (AvgIpc) is 2.90. The molecule has 2 aromatic carbocycles. The van der Waals surface area contributed by atoms with Crippen molar-refractivity contribution in [3.05, 3.63) is 66.2 Å². The summed E-state index contributed by atoms with van der Waals surface area (Å²) in [5.41, 5.74) is 5.84. The summed E-state index contributed by atoms with van der Waals surface area (Å²) < 4.78 is 14.6. The molecule has 0 amide bonds. The van der Waals surface area contributed by atoms with E-state index in [1.165, 1.54) is 12.1 Å². The van der Waals surface area contributed by atoms with Crippen LogP contribution in [0.5, 0.6) is 0 Å². The average molecular weight is 300 g/mol. The van der Waals surface area contributed by atoms with Crippen LogP contribution in [-0.4, -0.2) is 14.8 Å². The molecule has 6 heteroatoms. The van der Waals surface area contributed by atoms with E-state index in [1.54, 1.807) is 23.1 Å². The number of nitrogens with one attached hydrogen (secondary N) is 2. The molecule has 0 saturated heterocycles. The summed E-state index contributed by atoms with van der Waals surface area (Å²) in [7, 11) is 0. The number of rotatable bonds is 3. The molecule has 0 unspecified atom stereocenters. The highest BCUT2D eigenvalue weighted by atomic mass is 32.1. The van der Waals surface area contributed by atoms with Crippen LogP contribution < -0.4 is 10.7 Å². The standard InChI is InChI=1S/C15H13FN4S/c16-12-7-5-11(6-8-12)9-17-15(21)19-20-10-18-13-3-1-2-4-14(13)20/h1-8,10H,9H2,(H2,17,19,21). The monoisotopic (exact) mass is 300 g/mol. The largest absolute Gasteiger partial charge is 0.357 e. The summed E-state index contributed by atoms with van der Waals surface area (Å²) in [6.45, 7) is 0.527. The van der Waals surface area contributed by atoms with Gasteiger partial charge in [-0.15, -0.1) is 0 Å². The number of nitrogens with zero attached hydrogens (tertiary/aromatic N) is 2. The maximum atomic E-state index is 12.8. The lowest BCUT2D eigenvalue weighted by Gasteiger charge is -2.11. The molecule has 21 heavy (non-hydrogen) atoms. The van der Waals surface area contributed by atoms with Gasteiger partial charge in [-0.3, -0.25) is 5.43 Å². The second-order valence-electron chi connectivity index (χ2n) is 4.52. The number of imidazole rings is 1. The Bertz CT molecular complexity index is 767. The topological polar surface area (TPSA) is 41.9 Å². The van der Waals surface area contributed by atoms with Crippen LogP contribution in [0.1, 0.15) is 5.56 Å². The van der Waals surface area contributed by atoms with Crippen LogP contribution in [0.2, 0.25) is 0 Å². The van der Waals surface area contributed by atoms with Gasteiger partial charge in [0, 0.05) is 6.54 Å². The first-order valence-electron chi connectivity index (χ1n) is 6.44. The minimum Gasteiger partial charge on any atom is -0.357 e. The third-order valence-corrected chi connectivity index (χ3v) is 3.28. The maximum absolute atomic E-state index is 12.8. The third kappa shape index (κ3) is 3.17. The van der Waals surface area contributed by atoms with Crippen LogP contribution in [0.25, 0.3) is 11.0 Å². The number of hydrogen-bond donors (Lipinski definition) is 2. The van der Waals surface area contributed by atoms with Crippen LogP contribution in [0, 0.1) is 5.82 Å². The minimum atomic E-state index is -0.246. The number of benzene rings is 2. The Morgan fingerprint density at radius 1 is 1.14 bits per heavy atom. The summed E-state index contributed by atoms with van der Waals surface area (Å²) >= 11 is 5.24. The van der Waals surface area contributed by atoms with E-state index in [9.17, 15) is 4.39 Å². The van der Waals surface area contributed by atoms with Gasteiger partial charge in [0.15, 0.2) is 5.11 Å². The number of fused-ring (bicyclic) bond motifs is 1. The fraction of sp³-hybridized carbons (Fsp3) is 0.0667. The zero-order valence-corrected chi connectivity index (χ0v) is 11.9. The first-order valence-corrected chi connectivity index (χ1v) is 6.84. The molecule has 0 atom stereocenters. The zero-order chi connectivity index (χ0) is 14.7. The Balaban J connectivity index is 1.62. The van der Waals surface area contributed by atoms with Crippen molar-refractivity contribution in [2.45, 2.75) is 6.54 Å². The van der Waals surface area contributed by atoms with Crippen molar-refractivity contribution in [3.63, 3.8) is 0 Å². The van der Waals surface area contributed by atoms with Gasteiger partial charge in [0.05, 0.1) is 11.0 Å². The summed E-state index contributed by atoms with van der Waals surface area (Å²) in [5, 5.41) is 3.55. The minimum absolute atomic E-state index is 0.246. The van der Waals surface area contributed by atoms with Crippen LogP contribution in [-0.2, 0) is 6.54 Å². The van der Waals surface area contributed by atoms with Gasteiger partial charge in [-0.1, -0.05) is 24.3 Å². The number of para-hydroxylation sites is 2. The molecule has 1 aromatic heterocycles. The number of hydrogen-bond acceptors (Lipinski definition) is 2. The first kappa shape index (κ1) is 13.5. The summed E-state index contributed by atoms with van der Waals surface area (Å²) in [5.74, 6) is -0.246. The van der Waals surface area contributed by atoms with Crippen molar-refractivity contribution in [1.82, 2.24) is 15.0 Å². The quantitative estimate of drug-likeness (QED) is 0.730. The van der Waals surface area contributed by atoms with Crippen molar-refractivity contribution in [1.29, 1.82) is 0 Å². The molecule has 0 radical (unpaired) electrons. The van der Waals surface area contributed by atoms with Gasteiger partial charge in [-0.05, 0) is 42.0 Å². The van der Waals surface area contributed by atoms with E-state index in [-0.39, 0.29) is 5.82 Å². The molecular formula is C15H13FN4S. The van der Waals surface area contributed by atoms with E-state index >= 15 is 0 Å². The molecule has 1 heterocycles. The lowest BCUT2D eigenvalue weighted by molar-refractivity contribution is 0.626. The molecule has 0 aliphatic carbocycles. The summed E-state index contributed by atoms with van der Waals surface area (Å²) in [6, 6.07) is 14.1. The SMILES string of the molecule is Fc1ccc(CNC(=S)Nn2cnc3ccccc32)cc1. The lowest BCUT2D eigenvalue weighted by Crippen LogP contribution is -2.33. The van der Waals surface area contributed by atoms with E-state index in [1.807, 2.05) is 24.3 Å². The molecule has 0 aliphatic rings. The highest BCUT2D eigenvalue weighted by Gasteiger charge is 2.03. The molecule has 4 nitrogen and oxygen atoms in total. The van der Waals surface area contributed by atoms with Gasteiger partial charge in [-0.2, -0.15) is 0 Å². The Hall–Kier alpha value is -2.47. The predicted molar refractivity (Wildman–Crippen MR) is 84.9 cm³/mol.